The fraction of sp³-hybridized carbons (Fsp3) is 0.286. The summed E-state index contributed by atoms with van der Waals surface area (Å²) in [5, 5.41) is 10.5. The Labute approximate surface area is 124 Å². The van der Waals surface area contributed by atoms with Gasteiger partial charge in [0.2, 0.25) is 5.13 Å². The van der Waals surface area contributed by atoms with Crippen molar-refractivity contribution in [1.82, 2.24) is 4.98 Å². The first-order chi connectivity index (χ1) is 9.22. The second kappa shape index (κ2) is 5.43. The maximum atomic E-state index is 9.75. The Balaban J connectivity index is 1.86. The van der Waals surface area contributed by atoms with E-state index < -0.39 is 0 Å². The number of nitrogens with zero attached hydrogens (tertiary/aromatic N) is 2. The molecule has 2 aromatic rings. The lowest BCUT2D eigenvalue weighted by Gasteiger charge is -2.06. The van der Waals surface area contributed by atoms with Crippen molar-refractivity contribution in [3.8, 4) is 5.75 Å². The smallest absolute Gasteiger partial charge is 0.209 e. The molecule has 1 aliphatic carbocycles. The molecule has 1 aromatic carbocycles. The highest BCUT2D eigenvalue weighted by atomic mass is 79.9. The molecule has 3 nitrogen and oxygen atoms in total. The largest absolute Gasteiger partial charge is 0.507 e. The first kappa shape index (κ1) is 12.8. The number of phenols is 1. The number of aliphatic imine (C=N–C) groups is 1. The Morgan fingerprint density at radius 3 is 3.00 bits per heavy atom. The summed E-state index contributed by atoms with van der Waals surface area (Å²) in [6.07, 6.45) is 6.36. The first-order valence-electron chi connectivity index (χ1n) is 6.23. The zero-order valence-corrected chi connectivity index (χ0v) is 12.7. The topological polar surface area (TPSA) is 45.5 Å². The molecule has 0 spiro atoms. The molecule has 0 saturated carbocycles. The van der Waals surface area contributed by atoms with Gasteiger partial charge in [0.25, 0.3) is 0 Å². The Hall–Kier alpha value is -1.20. The highest BCUT2D eigenvalue weighted by Gasteiger charge is 2.14. The zero-order chi connectivity index (χ0) is 13.2. The number of phenolic OH excluding ortho intramolecular Hbond substituents is 1. The minimum atomic E-state index is 0.230. The highest BCUT2D eigenvalue weighted by molar-refractivity contribution is 9.10. The van der Waals surface area contributed by atoms with Crippen LogP contribution < -0.4 is 0 Å². The van der Waals surface area contributed by atoms with Gasteiger partial charge in [-0.2, -0.15) is 0 Å². The maximum absolute atomic E-state index is 9.75. The summed E-state index contributed by atoms with van der Waals surface area (Å²) in [5.41, 5.74) is 1.91. The molecule has 1 aromatic heterocycles. The third-order valence-corrected chi connectivity index (χ3v) is 4.70. The Morgan fingerprint density at radius 1 is 1.32 bits per heavy atom. The molecule has 0 amide bonds. The van der Waals surface area contributed by atoms with Gasteiger partial charge in [0.15, 0.2) is 0 Å². The van der Waals surface area contributed by atoms with E-state index in [0.29, 0.717) is 5.56 Å². The van der Waals surface area contributed by atoms with Crippen molar-refractivity contribution in [2.24, 2.45) is 4.99 Å². The quantitative estimate of drug-likeness (QED) is 0.833. The number of aromatic hydroxyl groups is 1. The van der Waals surface area contributed by atoms with E-state index in [4.69, 9.17) is 0 Å². The van der Waals surface area contributed by atoms with Crippen LogP contribution >= 0.6 is 27.3 Å². The molecule has 1 heterocycles. The second-order valence-corrected chi connectivity index (χ2v) is 6.51. The van der Waals surface area contributed by atoms with Gasteiger partial charge >= 0.3 is 0 Å². The van der Waals surface area contributed by atoms with Crippen LogP contribution in [0.4, 0.5) is 5.13 Å². The first-order valence-corrected chi connectivity index (χ1v) is 7.84. The molecule has 0 atom stereocenters. The SMILES string of the molecule is Oc1ccc(Br)cc1C=Nc1nc2c(s1)CCCC2. The van der Waals surface area contributed by atoms with Crippen LogP contribution in [0.2, 0.25) is 0 Å². The fourth-order valence-corrected chi connectivity index (χ4v) is 3.52. The van der Waals surface area contributed by atoms with Crippen LogP contribution in [0.15, 0.2) is 27.7 Å². The van der Waals surface area contributed by atoms with Crippen LogP contribution in [0, 0.1) is 0 Å². The van der Waals surface area contributed by atoms with Crippen molar-refractivity contribution >= 4 is 38.6 Å². The molecule has 0 aliphatic heterocycles. The zero-order valence-electron chi connectivity index (χ0n) is 10.3. The lowest BCUT2D eigenvalue weighted by atomic mass is 10.0. The number of aromatic nitrogens is 1. The summed E-state index contributed by atoms with van der Waals surface area (Å²) in [7, 11) is 0. The van der Waals surface area contributed by atoms with E-state index in [9.17, 15) is 5.11 Å². The predicted octanol–water partition coefficient (Wildman–Crippen LogP) is 4.24. The van der Waals surface area contributed by atoms with Gasteiger partial charge in [0.05, 0.1) is 5.69 Å². The molecule has 1 aliphatic rings. The van der Waals surface area contributed by atoms with Gasteiger partial charge in [0.1, 0.15) is 5.75 Å². The van der Waals surface area contributed by atoms with Crippen molar-refractivity contribution in [1.29, 1.82) is 0 Å². The van der Waals surface area contributed by atoms with Crippen molar-refractivity contribution in [3.05, 3.63) is 38.8 Å². The average Bonchev–Trinajstić information content (AvgIpc) is 2.82. The van der Waals surface area contributed by atoms with Crippen LogP contribution in [-0.4, -0.2) is 16.3 Å². The van der Waals surface area contributed by atoms with Crippen LogP contribution in [0.1, 0.15) is 29.0 Å². The number of thiazole rings is 1. The maximum Gasteiger partial charge on any atom is 0.209 e. The molecule has 98 valence electrons. The number of hydrogen-bond donors (Lipinski definition) is 1. The molecule has 0 bridgehead atoms. The van der Waals surface area contributed by atoms with Gasteiger partial charge in [-0.05, 0) is 43.9 Å². The van der Waals surface area contributed by atoms with Crippen molar-refractivity contribution in [2.75, 3.05) is 0 Å². The molecule has 0 unspecified atom stereocenters. The van der Waals surface area contributed by atoms with Crippen LogP contribution in [0.25, 0.3) is 0 Å². The monoisotopic (exact) mass is 336 g/mol. The summed E-state index contributed by atoms with van der Waals surface area (Å²) in [5.74, 6) is 0.230. The Morgan fingerprint density at radius 2 is 2.16 bits per heavy atom. The third kappa shape index (κ3) is 2.87. The minimum Gasteiger partial charge on any atom is -0.507 e. The number of aryl methyl sites for hydroxylation is 2. The van der Waals surface area contributed by atoms with Crippen LogP contribution in [0.5, 0.6) is 5.75 Å². The van der Waals surface area contributed by atoms with Crippen molar-refractivity contribution in [2.45, 2.75) is 25.7 Å². The number of benzene rings is 1. The van der Waals surface area contributed by atoms with Crippen molar-refractivity contribution < 1.29 is 5.11 Å². The Kier molecular flexibility index (Phi) is 3.66. The number of rotatable bonds is 2. The van der Waals surface area contributed by atoms with E-state index in [-0.39, 0.29) is 5.75 Å². The van der Waals surface area contributed by atoms with Gasteiger partial charge in [-0.25, -0.2) is 9.98 Å². The van der Waals surface area contributed by atoms with Gasteiger partial charge in [-0.15, -0.1) is 0 Å². The third-order valence-electron chi connectivity index (χ3n) is 3.14. The standard InChI is InChI=1S/C14H13BrN2OS/c15-10-5-6-12(18)9(7-10)8-16-14-17-11-3-1-2-4-13(11)19-14/h5-8,18H,1-4H2. The number of fused-ring (bicyclic) bond motifs is 1. The molecule has 0 fully saturated rings. The highest BCUT2D eigenvalue weighted by Crippen LogP contribution is 2.31. The van der Waals surface area contributed by atoms with Gasteiger partial charge in [0, 0.05) is 21.1 Å². The summed E-state index contributed by atoms with van der Waals surface area (Å²) in [4.78, 5) is 10.3. The van der Waals surface area contributed by atoms with Crippen LogP contribution in [0.3, 0.4) is 0 Å². The molecule has 5 heteroatoms. The van der Waals surface area contributed by atoms with E-state index in [1.165, 1.54) is 23.4 Å². The fourth-order valence-electron chi connectivity index (χ4n) is 2.15. The number of hydrogen-bond acceptors (Lipinski definition) is 4. The van der Waals surface area contributed by atoms with Gasteiger partial charge in [-0.1, -0.05) is 27.3 Å². The van der Waals surface area contributed by atoms with Crippen LogP contribution in [-0.2, 0) is 12.8 Å². The molecule has 1 N–H and O–H groups in total. The van der Waals surface area contributed by atoms with E-state index in [1.54, 1.807) is 29.7 Å². The normalized spacial score (nSPS) is 14.8. The number of halogens is 1. The molecule has 0 saturated heterocycles. The predicted molar refractivity (Wildman–Crippen MR) is 81.8 cm³/mol. The molecular weight excluding hydrogens is 324 g/mol. The van der Waals surface area contributed by atoms with E-state index in [2.05, 4.69) is 25.9 Å². The molecule has 19 heavy (non-hydrogen) atoms. The lowest BCUT2D eigenvalue weighted by molar-refractivity contribution is 0.474. The summed E-state index contributed by atoms with van der Waals surface area (Å²) < 4.78 is 0.921. The average molecular weight is 337 g/mol. The summed E-state index contributed by atoms with van der Waals surface area (Å²) in [6.45, 7) is 0. The van der Waals surface area contributed by atoms with Crippen molar-refractivity contribution in [3.63, 3.8) is 0 Å². The molecular formula is C14H13BrN2OS. The second-order valence-electron chi connectivity index (χ2n) is 4.53. The lowest BCUT2D eigenvalue weighted by Crippen LogP contribution is -1.98. The van der Waals surface area contributed by atoms with E-state index in [1.807, 2.05) is 6.07 Å². The molecule has 3 rings (SSSR count). The summed E-state index contributed by atoms with van der Waals surface area (Å²) >= 11 is 5.05. The summed E-state index contributed by atoms with van der Waals surface area (Å²) in [6, 6.07) is 5.29. The van der Waals surface area contributed by atoms with E-state index in [0.717, 1.165) is 22.4 Å². The minimum absolute atomic E-state index is 0.230. The molecule has 0 radical (unpaired) electrons. The van der Waals surface area contributed by atoms with Gasteiger partial charge in [-0.3, -0.25) is 0 Å². The Bertz CT molecular complexity index is 613. The van der Waals surface area contributed by atoms with Gasteiger partial charge < -0.3 is 5.11 Å². The van der Waals surface area contributed by atoms with E-state index >= 15 is 0 Å².